The van der Waals surface area contributed by atoms with Crippen molar-refractivity contribution in [2.24, 2.45) is 0 Å². The van der Waals surface area contributed by atoms with Crippen molar-refractivity contribution < 1.29 is 9.66 Å². The van der Waals surface area contributed by atoms with Crippen LogP contribution in [0.25, 0.3) is 0 Å². The number of hydrogen-bond donors (Lipinski definition) is 1. The molecule has 0 bridgehead atoms. The second kappa shape index (κ2) is 6.74. The minimum absolute atomic E-state index is 0.0561. The maximum Gasteiger partial charge on any atom is 0.312 e. The van der Waals surface area contributed by atoms with Gasteiger partial charge in [0.05, 0.1) is 18.6 Å². The van der Waals surface area contributed by atoms with Crippen LogP contribution in [0.15, 0.2) is 30.6 Å². The molecule has 0 aliphatic rings. The Labute approximate surface area is 122 Å². The lowest BCUT2D eigenvalue weighted by molar-refractivity contribution is -0.385. The van der Waals surface area contributed by atoms with Crippen molar-refractivity contribution in [1.29, 1.82) is 0 Å². The minimum atomic E-state index is -0.456. The fraction of sp³-hybridized carbons (Fsp3) is 0.357. The van der Waals surface area contributed by atoms with Crippen LogP contribution in [0.5, 0.6) is 5.75 Å². The lowest BCUT2D eigenvalue weighted by Crippen LogP contribution is -2.08. The molecule has 0 atom stereocenters. The van der Waals surface area contributed by atoms with Crippen LogP contribution in [0.1, 0.15) is 19.2 Å². The molecule has 0 aliphatic heterocycles. The molecule has 0 aliphatic carbocycles. The van der Waals surface area contributed by atoms with Crippen molar-refractivity contribution in [2.75, 3.05) is 12.4 Å². The number of imidazole rings is 1. The summed E-state index contributed by atoms with van der Waals surface area (Å²) in [5.74, 6) is 1.15. The number of hydrogen-bond acceptors (Lipinski definition) is 5. The third kappa shape index (κ3) is 3.50. The zero-order valence-electron chi connectivity index (χ0n) is 12.1. The van der Waals surface area contributed by atoms with Crippen molar-refractivity contribution in [3.63, 3.8) is 0 Å². The number of methoxy groups -OCH3 is 1. The summed E-state index contributed by atoms with van der Waals surface area (Å²) in [7, 11) is 1.41. The number of nitrogens with one attached hydrogen (secondary N) is 1. The summed E-state index contributed by atoms with van der Waals surface area (Å²) in [6.45, 7) is 3.51. The maximum absolute atomic E-state index is 11.0. The molecule has 112 valence electrons. The predicted molar refractivity (Wildman–Crippen MR) is 79.5 cm³/mol. The first-order chi connectivity index (χ1) is 10.2. The fourth-order valence-corrected chi connectivity index (χ4v) is 2.08. The van der Waals surface area contributed by atoms with Gasteiger partial charge in [0.15, 0.2) is 5.75 Å². The molecular formula is C14H18N4O3. The Hall–Kier alpha value is -2.57. The van der Waals surface area contributed by atoms with E-state index in [1.165, 1.54) is 13.2 Å². The van der Waals surface area contributed by atoms with Gasteiger partial charge >= 0.3 is 5.69 Å². The van der Waals surface area contributed by atoms with Gasteiger partial charge in [-0.2, -0.15) is 0 Å². The van der Waals surface area contributed by atoms with E-state index in [-0.39, 0.29) is 11.4 Å². The van der Waals surface area contributed by atoms with Gasteiger partial charge in [0.2, 0.25) is 0 Å². The lowest BCUT2D eigenvalue weighted by Gasteiger charge is -2.09. The van der Waals surface area contributed by atoms with Gasteiger partial charge in [-0.15, -0.1) is 0 Å². The van der Waals surface area contributed by atoms with Gasteiger partial charge in [0.1, 0.15) is 5.82 Å². The van der Waals surface area contributed by atoms with Gasteiger partial charge in [-0.05, 0) is 18.6 Å². The van der Waals surface area contributed by atoms with Crippen LogP contribution < -0.4 is 10.1 Å². The maximum atomic E-state index is 11.0. The van der Waals surface area contributed by atoms with Crippen LogP contribution in [0.4, 0.5) is 11.4 Å². The standard InChI is InChI=1S/C14H18N4O3/c1-3-7-17-8-6-15-14(17)10-16-11-4-5-13(21-2)12(9-11)18(19)20/h4-6,8-9,16H,3,7,10H2,1-2H3. The topological polar surface area (TPSA) is 82.2 Å². The molecular weight excluding hydrogens is 272 g/mol. The molecule has 0 saturated heterocycles. The van der Waals surface area contributed by atoms with Crippen LogP contribution in [0.3, 0.4) is 0 Å². The number of benzene rings is 1. The van der Waals surface area contributed by atoms with E-state index in [1.54, 1.807) is 18.3 Å². The molecule has 0 unspecified atom stereocenters. The van der Waals surface area contributed by atoms with Gasteiger partial charge in [-0.25, -0.2) is 4.98 Å². The Morgan fingerprint density at radius 3 is 2.95 bits per heavy atom. The minimum Gasteiger partial charge on any atom is -0.490 e. The molecule has 0 amide bonds. The Morgan fingerprint density at radius 1 is 1.48 bits per heavy atom. The average molecular weight is 290 g/mol. The molecule has 0 fully saturated rings. The number of ether oxygens (including phenoxy) is 1. The normalized spacial score (nSPS) is 10.4. The first kappa shape index (κ1) is 14.8. The number of anilines is 1. The van der Waals surface area contributed by atoms with Gasteiger partial charge in [0.25, 0.3) is 0 Å². The van der Waals surface area contributed by atoms with Crippen molar-refractivity contribution in [3.05, 3.63) is 46.5 Å². The molecule has 2 aromatic rings. The van der Waals surface area contributed by atoms with Crippen LogP contribution >= 0.6 is 0 Å². The van der Waals surface area contributed by atoms with Gasteiger partial charge in [-0.3, -0.25) is 10.1 Å². The molecule has 7 nitrogen and oxygen atoms in total. The van der Waals surface area contributed by atoms with Crippen LogP contribution in [0, 0.1) is 10.1 Å². The quantitative estimate of drug-likeness (QED) is 0.626. The van der Waals surface area contributed by atoms with E-state index < -0.39 is 4.92 Å². The highest BCUT2D eigenvalue weighted by atomic mass is 16.6. The Morgan fingerprint density at radius 2 is 2.29 bits per heavy atom. The first-order valence-electron chi connectivity index (χ1n) is 6.72. The predicted octanol–water partition coefficient (Wildman–Crippen LogP) is 2.82. The largest absolute Gasteiger partial charge is 0.490 e. The SMILES string of the molecule is CCCn1ccnc1CNc1ccc(OC)c([N+](=O)[O-])c1. The van der Waals surface area contributed by atoms with Crippen LogP contribution in [-0.2, 0) is 13.1 Å². The molecule has 1 aromatic carbocycles. The average Bonchev–Trinajstić information content (AvgIpc) is 2.92. The monoisotopic (exact) mass is 290 g/mol. The number of nitro benzene ring substituents is 1. The van der Waals surface area contributed by atoms with E-state index in [0.29, 0.717) is 12.2 Å². The highest BCUT2D eigenvalue weighted by Crippen LogP contribution is 2.29. The first-order valence-corrected chi connectivity index (χ1v) is 6.72. The summed E-state index contributed by atoms with van der Waals surface area (Å²) < 4.78 is 7.04. The summed E-state index contributed by atoms with van der Waals surface area (Å²) in [6, 6.07) is 4.80. The molecule has 7 heteroatoms. The second-order valence-electron chi connectivity index (χ2n) is 4.53. The summed E-state index contributed by atoms with van der Waals surface area (Å²) in [6.07, 6.45) is 4.71. The molecule has 1 heterocycles. The molecule has 0 radical (unpaired) electrons. The van der Waals surface area contributed by atoms with E-state index in [0.717, 1.165) is 18.8 Å². The Kier molecular flexibility index (Phi) is 4.76. The Balaban J connectivity index is 2.11. The van der Waals surface area contributed by atoms with Gasteiger partial charge < -0.3 is 14.6 Å². The number of rotatable bonds is 7. The molecule has 21 heavy (non-hydrogen) atoms. The van der Waals surface area contributed by atoms with E-state index in [1.807, 2.05) is 6.20 Å². The van der Waals surface area contributed by atoms with E-state index in [2.05, 4.69) is 21.8 Å². The zero-order valence-corrected chi connectivity index (χ0v) is 12.1. The summed E-state index contributed by atoms with van der Waals surface area (Å²) >= 11 is 0. The second-order valence-corrected chi connectivity index (χ2v) is 4.53. The summed E-state index contributed by atoms with van der Waals surface area (Å²) in [5.41, 5.74) is 0.605. The highest BCUT2D eigenvalue weighted by molar-refractivity contribution is 5.58. The highest BCUT2D eigenvalue weighted by Gasteiger charge is 2.15. The summed E-state index contributed by atoms with van der Waals surface area (Å²) in [4.78, 5) is 14.8. The van der Waals surface area contributed by atoms with Crippen molar-refractivity contribution >= 4 is 11.4 Å². The number of aryl methyl sites for hydroxylation is 1. The number of nitrogens with zero attached hydrogens (tertiary/aromatic N) is 3. The lowest BCUT2D eigenvalue weighted by atomic mass is 10.2. The summed E-state index contributed by atoms with van der Waals surface area (Å²) in [5, 5.41) is 14.1. The van der Waals surface area contributed by atoms with Gasteiger partial charge in [0, 0.05) is 30.7 Å². The van der Waals surface area contributed by atoms with Gasteiger partial charge in [-0.1, -0.05) is 6.92 Å². The molecule has 1 aromatic heterocycles. The Bertz CT molecular complexity index is 624. The zero-order chi connectivity index (χ0) is 15.2. The third-order valence-electron chi connectivity index (χ3n) is 3.09. The smallest absolute Gasteiger partial charge is 0.312 e. The third-order valence-corrected chi connectivity index (χ3v) is 3.09. The van der Waals surface area contributed by atoms with Crippen LogP contribution in [-0.4, -0.2) is 21.6 Å². The molecule has 2 rings (SSSR count). The molecule has 0 spiro atoms. The number of aromatic nitrogens is 2. The van der Waals surface area contributed by atoms with Crippen molar-refractivity contribution in [2.45, 2.75) is 26.4 Å². The molecule has 1 N–H and O–H groups in total. The van der Waals surface area contributed by atoms with Crippen molar-refractivity contribution in [1.82, 2.24) is 9.55 Å². The fourth-order valence-electron chi connectivity index (χ4n) is 2.08. The van der Waals surface area contributed by atoms with E-state index in [4.69, 9.17) is 4.74 Å². The van der Waals surface area contributed by atoms with Crippen LogP contribution in [0.2, 0.25) is 0 Å². The van der Waals surface area contributed by atoms with E-state index in [9.17, 15) is 10.1 Å². The van der Waals surface area contributed by atoms with E-state index >= 15 is 0 Å². The molecule has 0 saturated carbocycles. The number of nitro groups is 1. The van der Waals surface area contributed by atoms with Crippen molar-refractivity contribution in [3.8, 4) is 5.75 Å².